The summed E-state index contributed by atoms with van der Waals surface area (Å²) in [6, 6.07) is 0. The summed E-state index contributed by atoms with van der Waals surface area (Å²) in [5, 5.41) is 0. The van der Waals surface area contributed by atoms with Gasteiger partial charge in [0.05, 0.1) is 0 Å². The first-order valence-corrected chi connectivity index (χ1v) is 6.08. The van der Waals surface area contributed by atoms with E-state index in [9.17, 15) is 4.79 Å². The van der Waals surface area contributed by atoms with E-state index in [1.54, 1.807) is 0 Å². The van der Waals surface area contributed by atoms with E-state index < -0.39 is 0 Å². The zero-order chi connectivity index (χ0) is 12.8. The molecule has 1 saturated carbocycles. The molecule has 0 bridgehead atoms. The number of ether oxygens (including phenoxy) is 1. The second-order valence-electron chi connectivity index (χ2n) is 5.62. The number of carbonyl (C=O) groups excluding carboxylic acids is 1. The summed E-state index contributed by atoms with van der Waals surface area (Å²) in [5.74, 6) is 0.290. The van der Waals surface area contributed by atoms with Gasteiger partial charge in [-0.15, -0.1) is 6.58 Å². The minimum atomic E-state index is -0.228. The van der Waals surface area contributed by atoms with Crippen LogP contribution in [0.5, 0.6) is 0 Å². The molecule has 2 nitrogen and oxygen atoms in total. The molecule has 2 fully saturated rings. The van der Waals surface area contributed by atoms with E-state index in [0.29, 0.717) is 11.5 Å². The summed E-state index contributed by atoms with van der Waals surface area (Å²) in [6.45, 7) is 16.1. The first-order valence-electron chi connectivity index (χ1n) is 6.08. The number of hydrogen-bond donors (Lipinski definition) is 0. The van der Waals surface area contributed by atoms with Crippen LogP contribution in [0.3, 0.4) is 0 Å². The first-order chi connectivity index (χ1) is 7.89. The van der Waals surface area contributed by atoms with Crippen LogP contribution in [0.1, 0.15) is 26.7 Å². The third kappa shape index (κ3) is 1.76. The minimum Gasteiger partial charge on any atom is -0.458 e. The van der Waals surface area contributed by atoms with E-state index in [-0.39, 0.29) is 23.4 Å². The fraction of sp³-hybridized carbons (Fsp3) is 0.533. The summed E-state index contributed by atoms with van der Waals surface area (Å²) >= 11 is 0. The standard InChI is InChI=1S/C15H20O2/c1-6-15(5)8-13-11(7-12(15)9(2)3)10(4)14(16)17-13/h6,11-13H,1-2,4,7-8H2,3,5H3/t11-,12-,13-,15-/m1/s1. The maximum atomic E-state index is 11.5. The molecule has 0 spiro atoms. The van der Waals surface area contributed by atoms with E-state index in [2.05, 4.69) is 26.7 Å². The highest BCUT2D eigenvalue weighted by atomic mass is 16.6. The lowest BCUT2D eigenvalue weighted by Gasteiger charge is -2.44. The molecular formula is C15H20O2. The molecule has 2 heteroatoms. The molecule has 17 heavy (non-hydrogen) atoms. The smallest absolute Gasteiger partial charge is 0.334 e. The number of esters is 1. The lowest BCUT2D eigenvalue weighted by molar-refractivity contribution is -0.141. The molecule has 1 aliphatic carbocycles. The van der Waals surface area contributed by atoms with Gasteiger partial charge >= 0.3 is 5.97 Å². The average Bonchev–Trinajstić information content (AvgIpc) is 2.53. The molecular weight excluding hydrogens is 212 g/mol. The van der Waals surface area contributed by atoms with Gasteiger partial charge < -0.3 is 4.74 Å². The monoisotopic (exact) mass is 232 g/mol. The van der Waals surface area contributed by atoms with E-state index in [1.807, 2.05) is 13.0 Å². The molecule has 1 saturated heterocycles. The van der Waals surface area contributed by atoms with Gasteiger partial charge in [-0.05, 0) is 31.1 Å². The first kappa shape index (κ1) is 12.2. The topological polar surface area (TPSA) is 26.3 Å². The molecule has 1 aliphatic heterocycles. The fourth-order valence-electron chi connectivity index (χ4n) is 3.24. The number of hydrogen-bond acceptors (Lipinski definition) is 2. The van der Waals surface area contributed by atoms with Crippen LogP contribution in [0.25, 0.3) is 0 Å². The highest BCUT2D eigenvalue weighted by Crippen LogP contribution is 2.51. The molecule has 0 aromatic carbocycles. The Labute approximate surface area is 103 Å². The van der Waals surface area contributed by atoms with Gasteiger partial charge in [-0.2, -0.15) is 0 Å². The zero-order valence-corrected chi connectivity index (χ0v) is 10.7. The van der Waals surface area contributed by atoms with Crippen LogP contribution in [0.15, 0.2) is 37.0 Å². The van der Waals surface area contributed by atoms with Crippen LogP contribution in [-0.2, 0) is 9.53 Å². The molecule has 2 aliphatic rings. The van der Waals surface area contributed by atoms with Crippen LogP contribution in [0.2, 0.25) is 0 Å². The maximum Gasteiger partial charge on any atom is 0.334 e. The molecule has 0 aromatic heterocycles. The predicted octanol–water partition coefficient (Wildman–Crippen LogP) is 3.26. The molecule has 1 heterocycles. The number of carbonyl (C=O) groups is 1. The van der Waals surface area contributed by atoms with Crippen molar-refractivity contribution in [2.24, 2.45) is 17.3 Å². The van der Waals surface area contributed by atoms with E-state index in [0.717, 1.165) is 18.4 Å². The highest BCUT2D eigenvalue weighted by Gasteiger charge is 2.50. The van der Waals surface area contributed by atoms with Gasteiger partial charge in [0.25, 0.3) is 0 Å². The Morgan fingerprint density at radius 2 is 2.24 bits per heavy atom. The molecule has 92 valence electrons. The van der Waals surface area contributed by atoms with E-state index in [4.69, 9.17) is 4.74 Å². The van der Waals surface area contributed by atoms with Crippen molar-refractivity contribution >= 4 is 5.97 Å². The summed E-state index contributed by atoms with van der Waals surface area (Å²) < 4.78 is 5.39. The number of rotatable bonds is 2. The van der Waals surface area contributed by atoms with Crippen molar-refractivity contribution in [2.45, 2.75) is 32.8 Å². The predicted molar refractivity (Wildman–Crippen MR) is 68.4 cm³/mol. The number of fused-ring (bicyclic) bond motifs is 1. The van der Waals surface area contributed by atoms with Crippen molar-refractivity contribution < 1.29 is 9.53 Å². The molecule has 0 radical (unpaired) electrons. The van der Waals surface area contributed by atoms with Gasteiger partial charge in [0, 0.05) is 11.5 Å². The third-order valence-corrected chi connectivity index (χ3v) is 4.40. The fourth-order valence-corrected chi connectivity index (χ4v) is 3.24. The second-order valence-corrected chi connectivity index (χ2v) is 5.62. The Morgan fingerprint density at radius 3 is 2.76 bits per heavy atom. The molecule has 0 amide bonds. The Kier molecular flexibility index (Phi) is 2.76. The van der Waals surface area contributed by atoms with Crippen LogP contribution in [0.4, 0.5) is 0 Å². The highest BCUT2D eigenvalue weighted by molar-refractivity contribution is 5.90. The van der Waals surface area contributed by atoms with Crippen LogP contribution < -0.4 is 0 Å². The van der Waals surface area contributed by atoms with Crippen molar-refractivity contribution in [1.82, 2.24) is 0 Å². The van der Waals surface area contributed by atoms with Gasteiger partial charge in [0.1, 0.15) is 6.10 Å². The van der Waals surface area contributed by atoms with Crippen molar-refractivity contribution in [3.63, 3.8) is 0 Å². The number of allylic oxidation sites excluding steroid dienone is 2. The van der Waals surface area contributed by atoms with E-state index in [1.165, 1.54) is 0 Å². The summed E-state index contributed by atoms with van der Waals surface area (Å²) in [6.07, 6.45) is 3.68. The van der Waals surface area contributed by atoms with Crippen molar-refractivity contribution in [3.8, 4) is 0 Å². The zero-order valence-electron chi connectivity index (χ0n) is 10.7. The van der Waals surface area contributed by atoms with Crippen LogP contribution >= 0.6 is 0 Å². The lowest BCUT2D eigenvalue weighted by Crippen LogP contribution is -2.40. The SMILES string of the molecule is C=C[C@]1(C)C[C@H]2OC(=O)C(=C)[C@H]2C[C@@H]1C(=C)C. The van der Waals surface area contributed by atoms with Gasteiger partial charge in [0.2, 0.25) is 0 Å². The normalized spacial score (nSPS) is 40.7. The lowest BCUT2D eigenvalue weighted by atomic mass is 9.61. The molecule has 4 atom stereocenters. The Hall–Kier alpha value is -1.31. The van der Waals surface area contributed by atoms with Gasteiger partial charge in [-0.1, -0.05) is 31.7 Å². The molecule has 0 aromatic rings. The second kappa shape index (κ2) is 3.86. The summed E-state index contributed by atoms with van der Waals surface area (Å²) in [4.78, 5) is 11.5. The quantitative estimate of drug-likeness (QED) is 0.415. The van der Waals surface area contributed by atoms with Crippen molar-refractivity contribution in [2.75, 3.05) is 0 Å². The minimum absolute atomic E-state index is 0.0198. The largest absolute Gasteiger partial charge is 0.458 e. The van der Waals surface area contributed by atoms with Crippen molar-refractivity contribution in [3.05, 3.63) is 37.0 Å². The molecule has 2 rings (SSSR count). The third-order valence-electron chi connectivity index (χ3n) is 4.40. The average molecular weight is 232 g/mol. The van der Waals surface area contributed by atoms with Crippen LogP contribution in [-0.4, -0.2) is 12.1 Å². The van der Waals surface area contributed by atoms with Crippen molar-refractivity contribution in [1.29, 1.82) is 0 Å². The summed E-state index contributed by atoms with van der Waals surface area (Å²) in [7, 11) is 0. The Bertz CT molecular complexity index is 407. The van der Waals surface area contributed by atoms with E-state index >= 15 is 0 Å². The van der Waals surface area contributed by atoms with Gasteiger partial charge in [0.15, 0.2) is 0 Å². The maximum absolute atomic E-state index is 11.5. The summed E-state index contributed by atoms with van der Waals surface area (Å²) in [5.41, 5.74) is 1.75. The van der Waals surface area contributed by atoms with Gasteiger partial charge in [-0.3, -0.25) is 0 Å². The Balaban J connectivity index is 2.32. The molecule has 0 unspecified atom stereocenters. The Morgan fingerprint density at radius 1 is 1.59 bits per heavy atom. The molecule has 0 N–H and O–H groups in total. The van der Waals surface area contributed by atoms with Gasteiger partial charge in [-0.25, -0.2) is 4.79 Å². The van der Waals surface area contributed by atoms with Crippen LogP contribution in [0, 0.1) is 17.3 Å².